The number of ether oxygens (including phenoxy) is 3. The van der Waals surface area contributed by atoms with Crippen LogP contribution in [0.4, 0.5) is 4.39 Å². The van der Waals surface area contributed by atoms with Gasteiger partial charge in [-0.05, 0) is 74.7 Å². The predicted molar refractivity (Wildman–Crippen MR) is 168 cm³/mol. The van der Waals surface area contributed by atoms with Crippen LogP contribution in [0.1, 0.15) is 49.1 Å². The highest BCUT2D eigenvalue weighted by atomic mass is 35.5. The van der Waals surface area contributed by atoms with E-state index in [0.29, 0.717) is 28.0 Å². The van der Waals surface area contributed by atoms with E-state index in [1.165, 1.54) is 6.07 Å². The van der Waals surface area contributed by atoms with E-state index >= 15 is 0 Å². The van der Waals surface area contributed by atoms with Crippen LogP contribution in [-0.2, 0) is 30.7 Å². The molecule has 2 atom stereocenters. The monoisotopic (exact) mass is 628 g/mol. The summed E-state index contributed by atoms with van der Waals surface area (Å²) in [7, 11) is 1.87. The molecule has 5 heterocycles. The SMILES string of the molecule is Cn1cc(-c2ccc3c(c2)nc(CN2CCC(c4cccc5c4OC(C)(c4ccc(Cl)cc4F)O5)CC2)n3C[C@@H]2CCO2)nn1. The molecule has 11 heteroatoms. The van der Waals surface area contributed by atoms with Gasteiger partial charge in [-0.2, -0.15) is 0 Å². The molecule has 1 unspecified atom stereocenters. The fourth-order valence-electron chi connectivity index (χ4n) is 6.81. The van der Waals surface area contributed by atoms with Gasteiger partial charge in [0.15, 0.2) is 11.5 Å². The maximum Gasteiger partial charge on any atom is 0.278 e. The van der Waals surface area contributed by atoms with Crippen LogP contribution in [0.15, 0.2) is 60.8 Å². The highest BCUT2D eigenvalue weighted by Crippen LogP contribution is 2.50. The molecule has 0 aliphatic carbocycles. The number of benzene rings is 3. The molecule has 0 N–H and O–H groups in total. The van der Waals surface area contributed by atoms with Gasteiger partial charge in [-0.25, -0.2) is 9.37 Å². The van der Waals surface area contributed by atoms with Crippen molar-refractivity contribution in [2.45, 2.75) is 57.1 Å². The van der Waals surface area contributed by atoms with E-state index in [1.54, 1.807) is 23.7 Å². The molecule has 3 aliphatic heterocycles. The van der Waals surface area contributed by atoms with Crippen molar-refractivity contribution in [3.05, 3.63) is 88.6 Å². The van der Waals surface area contributed by atoms with Crippen LogP contribution in [0.5, 0.6) is 11.5 Å². The molecule has 3 aromatic carbocycles. The number of hydrogen-bond donors (Lipinski definition) is 0. The largest absolute Gasteiger partial charge is 0.444 e. The molecule has 2 saturated heterocycles. The average molecular weight is 629 g/mol. The number of piperidine rings is 1. The first-order chi connectivity index (χ1) is 21.8. The first kappa shape index (κ1) is 28.5. The minimum Gasteiger partial charge on any atom is -0.444 e. The molecular weight excluding hydrogens is 595 g/mol. The minimum absolute atomic E-state index is 0.223. The van der Waals surface area contributed by atoms with Crippen molar-refractivity contribution in [3.63, 3.8) is 0 Å². The van der Waals surface area contributed by atoms with Gasteiger partial charge in [0.25, 0.3) is 5.79 Å². The molecule has 5 aromatic rings. The summed E-state index contributed by atoms with van der Waals surface area (Å²) >= 11 is 6.00. The number of hydrogen-bond acceptors (Lipinski definition) is 7. The van der Waals surface area contributed by atoms with E-state index in [2.05, 4.69) is 44.0 Å². The number of imidazole rings is 1. The zero-order chi connectivity index (χ0) is 30.7. The molecule has 0 spiro atoms. The van der Waals surface area contributed by atoms with Crippen molar-refractivity contribution in [2.75, 3.05) is 19.7 Å². The van der Waals surface area contributed by atoms with Crippen LogP contribution in [0.2, 0.25) is 5.02 Å². The van der Waals surface area contributed by atoms with E-state index < -0.39 is 11.6 Å². The predicted octanol–water partition coefficient (Wildman–Crippen LogP) is 6.44. The number of aromatic nitrogens is 5. The van der Waals surface area contributed by atoms with Gasteiger partial charge in [-0.1, -0.05) is 35.0 Å². The smallest absolute Gasteiger partial charge is 0.278 e. The van der Waals surface area contributed by atoms with Gasteiger partial charge in [0.1, 0.15) is 17.3 Å². The zero-order valence-electron chi connectivity index (χ0n) is 25.2. The third kappa shape index (κ3) is 5.24. The molecular formula is C34H34ClFN6O3. The lowest BCUT2D eigenvalue weighted by Gasteiger charge is -2.33. The maximum absolute atomic E-state index is 14.9. The Bertz CT molecular complexity index is 1900. The quantitative estimate of drug-likeness (QED) is 0.205. The maximum atomic E-state index is 14.9. The summed E-state index contributed by atoms with van der Waals surface area (Å²) in [6, 6.07) is 16.9. The lowest BCUT2D eigenvalue weighted by atomic mass is 9.88. The van der Waals surface area contributed by atoms with Gasteiger partial charge in [-0.15, -0.1) is 5.10 Å². The summed E-state index contributed by atoms with van der Waals surface area (Å²) in [6.45, 7) is 5.98. The van der Waals surface area contributed by atoms with Crippen molar-refractivity contribution >= 4 is 22.6 Å². The number of likely N-dealkylation sites (tertiary alicyclic amines) is 1. The highest BCUT2D eigenvalue weighted by Gasteiger charge is 2.43. The van der Waals surface area contributed by atoms with Crippen LogP contribution in [0.3, 0.4) is 0 Å². The Morgan fingerprint density at radius 3 is 2.62 bits per heavy atom. The Labute approximate surface area is 265 Å². The molecule has 2 fully saturated rings. The number of fused-ring (bicyclic) bond motifs is 2. The van der Waals surface area contributed by atoms with Crippen LogP contribution in [-0.4, -0.2) is 55.2 Å². The molecule has 0 amide bonds. The highest BCUT2D eigenvalue weighted by molar-refractivity contribution is 6.30. The van der Waals surface area contributed by atoms with Crippen molar-refractivity contribution in [2.24, 2.45) is 7.05 Å². The van der Waals surface area contributed by atoms with Gasteiger partial charge in [0.05, 0.1) is 42.0 Å². The average Bonchev–Trinajstić information content (AvgIpc) is 3.69. The second-order valence-corrected chi connectivity index (χ2v) is 12.8. The lowest BCUT2D eigenvalue weighted by Crippen LogP contribution is -2.35. The second-order valence-electron chi connectivity index (χ2n) is 12.4. The number of aryl methyl sites for hydroxylation is 1. The fraction of sp³-hybridized carbons (Fsp3) is 0.382. The molecule has 8 rings (SSSR count). The van der Waals surface area contributed by atoms with Crippen molar-refractivity contribution in [3.8, 4) is 22.8 Å². The summed E-state index contributed by atoms with van der Waals surface area (Å²) in [6.07, 6.45) is 5.14. The molecule has 0 saturated carbocycles. The standard InChI is InChI=1S/C34H34ClFN6O3/c1-34(26-8-7-23(35)17-27(26)36)44-31-5-3-4-25(33(31)45-34)21-10-13-41(14-11-21)20-32-37-28-16-22(29-19-40(2)39-38-29)6-9-30(28)42(32)18-24-12-15-43-24/h3-9,16-17,19,21,24H,10-15,18,20H2,1-2H3/t24-,34?/m0/s1. The summed E-state index contributed by atoms with van der Waals surface area (Å²) < 4.78 is 37.3. The molecule has 9 nitrogen and oxygen atoms in total. The van der Waals surface area contributed by atoms with Crippen molar-refractivity contribution < 1.29 is 18.6 Å². The van der Waals surface area contributed by atoms with Gasteiger partial charge in [0, 0.05) is 36.7 Å². The zero-order valence-corrected chi connectivity index (χ0v) is 26.0. The topological polar surface area (TPSA) is 79.5 Å². The number of para-hydroxylation sites is 1. The fourth-order valence-corrected chi connectivity index (χ4v) is 6.97. The number of halogens is 2. The summed E-state index contributed by atoms with van der Waals surface area (Å²) in [5, 5.41) is 8.71. The Morgan fingerprint density at radius 2 is 1.89 bits per heavy atom. The van der Waals surface area contributed by atoms with Gasteiger partial charge >= 0.3 is 0 Å². The van der Waals surface area contributed by atoms with Crippen molar-refractivity contribution in [1.82, 2.24) is 29.4 Å². The van der Waals surface area contributed by atoms with E-state index in [1.807, 2.05) is 25.4 Å². The summed E-state index contributed by atoms with van der Waals surface area (Å²) in [5.74, 6) is 0.979. The molecule has 45 heavy (non-hydrogen) atoms. The van der Waals surface area contributed by atoms with Crippen LogP contribution in [0, 0.1) is 5.82 Å². The number of rotatable bonds is 7. The third-order valence-corrected chi connectivity index (χ3v) is 9.56. The van der Waals surface area contributed by atoms with Gasteiger partial charge in [0.2, 0.25) is 0 Å². The normalized spacial score (nSPS) is 21.8. The summed E-state index contributed by atoms with van der Waals surface area (Å²) in [4.78, 5) is 7.61. The molecule has 0 bridgehead atoms. The van der Waals surface area contributed by atoms with E-state index in [0.717, 1.165) is 85.7 Å². The number of nitrogens with zero attached hydrogens (tertiary/aromatic N) is 6. The van der Waals surface area contributed by atoms with E-state index in [-0.39, 0.29) is 6.10 Å². The first-order valence-corrected chi connectivity index (χ1v) is 15.9. The molecule has 2 aromatic heterocycles. The Balaban J connectivity index is 1.000. The minimum atomic E-state index is -1.26. The van der Waals surface area contributed by atoms with Gasteiger partial charge < -0.3 is 18.8 Å². The van der Waals surface area contributed by atoms with E-state index in [4.69, 9.17) is 30.8 Å². The Hall–Kier alpha value is -3.99. The third-order valence-electron chi connectivity index (χ3n) is 9.33. The van der Waals surface area contributed by atoms with Crippen LogP contribution in [0.25, 0.3) is 22.3 Å². The molecule has 3 aliphatic rings. The Morgan fingerprint density at radius 1 is 1.04 bits per heavy atom. The van der Waals surface area contributed by atoms with Crippen molar-refractivity contribution in [1.29, 1.82) is 0 Å². The lowest BCUT2D eigenvalue weighted by molar-refractivity contribution is -0.0712. The Kier molecular flexibility index (Phi) is 7.04. The van der Waals surface area contributed by atoms with E-state index in [9.17, 15) is 4.39 Å². The first-order valence-electron chi connectivity index (χ1n) is 15.5. The second kappa shape index (κ2) is 11.1. The summed E-state index contributed by atoms with van der Waals surface area (Å²) in [5.41, 5.74) is 5.34. The molecule has 232 valence electrons. The van der Waals surface area contributed by atoms with Crippen LogP contribution >= 0.6 is 11.6 Å². The van der Waals surface area contributed by atoms with Crippen LogP contribution < -0.4 is 9.47 Å². The molecule has 0 radical (unpaired) electrons. The van der Waals surface area contributed by atoms with Gasteiger partial charge in [-0.3, -0.25) is 9.58 Å².